The van der Waals surface area contributed by atoms with E-state index in [2.05, 4.69) is 42.5 Å². The normalized spacial score (nSPS) is 12.2. The molecule has 0 spiro atoms. The van der Waals surface area contributed by atoms with Crippen molar-refractivity contribution in [3.05, 3.63) is 84.9 Å². The van der Waals surface area contributed by atoms with Crippen molar-refractivity contribution >= 4 is 21.9 Å². The van der Waals surface area contributed by atoms with Crippen molar-refractivity contribution in [1.82, 2.24) is 0 Å². The molecular weight excluding hydrogens is 320 g/mol. The summed E-state index contributed by atoms with van der Waals surface area (Å²) in [6.45, 7) is 0. The molecule has 0 saturated heterocycles. The third-order valence-electron chi connectivity index (χ3n) is 5.09. The first-order valence-corrected chi connectivity index (χ1v) is 8.70. The van der Waals surface area contributed by atoms with E-state index in [4.69, 9.17) is 9.15 Å². The summed E-state index contributed by atoms with van der Waals surface area (Å²) in [5, 5.41) is 2.24. The number of furan rings is 1. The molecular formula is C24H14O2. The van der Waals surface area contributed by atoms with E-state index in [1.54, 1.807) is 0 Å². The first-order valence-electron chi connectivity index (χ1n) is 8.70. The maximum Gasteiger partial charge on any atom is 0.139 e. The predicted molar refractivity (Wildman–Crippen MR) is 105 cm³/mol. The van der Waals surface area contributed by atoms with Gasteiger partial charge in [0.25, 0.3) is 0 Å². The van der Waals surface area contributed by atoms with Gasteiger partial charge >= 0.3 is 0 Å². The van der Waals surface area contributed by atoms with Crippen molar-refractivity contribution in [1.29, 1.82) is 0 Å². The number of fused-ring (bicyclic) bond motifs is 8. The number of hydrogen-bond donors (Lipinski definition) is 0. The van der Waals surface area contributed by atoms with Gasteiger partial charge in [0, 0.05) is 28.0 Å². The maximum atomic E-state index is 6.33. The largest absolute Gasteiger partial charge is 0.456 e. The third-order valence-corrected chi connectivity index (χ3v) is 5.09. The van der Waals surface area contributed by atoms with Crippen LogP contribution >= 0.6 is 0 Å². The van der Waals surface area contributed by atoms with Gasteiger partial charge in [-0.1, -0.05) is 60.7 Å². The molecule has 26 heavy (non-hydrogen) atoms. The van der Waals surface area contributed by atoms with E-state index in [-0.39, 0.29) is 0 Å². The summed E-state index contributed by atoms with van der Waals surface area (Å²) in [5.41, 5.74) is 6.32. The molecule has 2 heterocycles. The van der Waals surface area contributed by atoms with E-state index >= 15 is 0 Å². The second kappa shape index (κ2) is 4.99. The Hall–Kier alpha value is -3.52. The van der Waals surface area contributed by atoms with Gasteiger partial charge in [-0.25, -0.2) is 0 Å². The molecule has 0 bridgehead atoms. The molecule has 4 aromatic carbocycles. The molecule has 0 amide bonds. The molecule has 0 fully saturated rings. The number of hydrogen-bond acceptors (Lipinski definition) is 2. The van der Waals surface area contributed by atoms with E-state index in [0.29, 0.717) is 0 Å². The van der Waals surface area contributed by atoms with Crippen LogP contribution in [0.1, 0.15) is 0 Å². The molecule has 0 saturated carbocycles. The molecule has 1 aliphatic rings. The Labute approximate surface area is 150 Å². The number of benzene rings is 4. The summed E-state index contributed by atoms with van der Waals surface area (Å²) >= 11 is 0. The molecule has 0 unspecified atom stereocenters. The van der Waals surface area contributed by atoms with Gasteiger partial charge < -0.3 is 9.15 Å². The number of para-hydroxylation sites is 2. The van der Waals surface area contributed by atoms with Crippen LogP contribution in [0.15, 0.2) is 89.3 Å². The Morgan fingerprint density at radius 1 is 0.462 bits per heavy atom. The number of rotatable bonds is 0. The van der Waals surface area contributed by atoms with Gasteiger partial charge in [-0.15, -0.1) is 0 Å². The quantitative estimate of drug-likeness (QED) is 0.297. The third kappa shape index (κ3) is 1.81. The molecule has 0 radical (unpaired) electrons. The van der Waals surface area contributed by atoms with Crippen molar-refractivity contribution in [3.63, 3.8) is 0 Å². The van der Waals surface area contributed by atoms with Crippen LogP contribution in [-0.2, 0) is 0 Å². The molecule has 122 valence electrons. The fraction of sp³-hybridized carbons (Fsp3) is 0. The minimum Gasteiger partial charge on any atom is -0.456 e. The van der Waals surface area contributed by atoms with Gasteiger partial charge in [0.2, 0.25) is 0 Å². The van der Waals surface area contributed by atoms with Gasteiger partial charge in [0.05, 0.1) is 0 Å². The Morgan fingerprint density at radius 3 is 2.04 bits per heavy atom. The molecule has 1 aromatic heterocycles. The minimum absolute atomic E-state index is 0.828. The molecule has 6 rings (SSSR count). The lowest BCUT2D eigenvalue weighted by atomic mass is 9.94. The summed E-state index contributed by atoms with van der Waals surface area (Å²) in [4.78, 5) is 0. The van der Waals surface area contributed by atoms with E-state index in [0.717, 1.165) is 44.6 Å². The van der Waals surface area contributed by atoms with Gasteiger partial charge in [0.15, 0.2) is 0 Å². The Balaban J connectivity index is 1.75. The second-order valence-corrected chi connectivity index (χ2v) is 6.59. The van der Waals surface area contributed by atoms with Crippen molar-refractivity contribution < 1.29 is 9.15 Å². The van der Waals surface area contributed by atoms with Crippen molar-refractivity contribution in [3.8, 4) is 33.8 Å². The SMILES string of the molecule is c1ccc2c(c1)Oc1cc3oc4ccccc4c3cc1-c1ccccc1-2. The first kappa shape index (κ1) is 13.7. The minimum atomic E-state index is 0.828. The molecule has 1 aliphatic heterocycles. The standard InChI is InChI=1S/C24H14O2/c1-2-8-16-15(7-1)17-9-3-5-11-21(17)25-23-14-24-20(13-19(16)23)18-10-4-6-12-22(18)26-24/h1-14H. The number of ether oxygens (including phenoxy) is 1. The lowest BCUT2D eigenvalue weighted by Crippen LogP contribution is -1.85. The Kier molecular flexibility index (Phi) is 2.64. The van der Waals surface area contributed by atoms with Crippen LogP contribution in [0.4, 0.5) is 0 Å². The average Bonchev–Trinajstić information content (AvgIpc) is 2.98. The second-order valence-electron chi connectivity index (χ2n) is 6.59. The monoisotopic (exact) mass is 334 g/mol. The smallest absolute Gasteiger partial charge is 0.139 e. The molecule has 0 aliphatic carbocycles. The highest BCUT2D eigenvalue weighted by molar-refractivity contribution is 6.08. The highest BCUT2D eigenvalue weighted by atomic mass is 16.5. The maximum absolute atomic E-state index is 6.33. The molecule has 2 nitrogen and oxygen atoms in total. The van der Waals surface area contributed by atoms with Crippen molar-refractivity contribution in [2.24, 2.45) is 0 Å². The van der Waals surface area contributed by atoms with E-state index in [9.17, 15) is 0 Å². The summed E-state index contributed by atoms with van der Waals surface area (Å²) in [6.07, 6.45) is 0. The fourth-order valence-electron chi connectivity index (χ4n) is 3.90. The van der Waals surface area contributed by atoms with E-state index in [1.165, 1.54) is 11.1 Å². The Morgan fingerprint density at radius 2 is 1.15 bits per heavy atom. The van der Waals surface area contributed by atoms with E-state index < -0.39 is 0 Å². The molecule has 5 aromatic rings. The summed E-state index contributed by atoms with van der Waals surface area (Å²) < 4.78 is 12.4. The molecule has 2 heteroatoms. The zero-order valence-electron chi connectivity index (χ0n) is 13.9. The highest BCUT2D eigenvalue weighted by Crippen LogP contribution is 2.48. The zero-order chi connectivity index (χ0) is 17.1. The van der Waals surface area contributed by atoms with Crippen molar-refractivity contribution in [2.75, 3.05) is 0 Å². The summed E-state index contributed by atoms with van der Waals surface area (Å²) in [6, 6.07) is 29.0. The van der Waals surface area contributed by atoms with Gasteiger partial charge in [0.1, 0.15) is 22.7 Å². The fourth-order valence-corrected chi connectivity index (χ4v) is 3.90. The van der Waals surface area contributed by atoms with Crippen LogP contribution < -0.4 is 4.74 Å². The van der Waals surface area contributed by atoms with Gasteiger partial charge in [-0.3, -0.25) is 0 Å². The lowest BCUT2D eigenvalue weighted by molar-refractivity contribution is 0.487. The predicted octanol–water partition coefficient (Wildman–Crippen LogP) is 7.03. The van der Waals surface area contributed by atoms with Gasteiger partial charge in [-0.05, 0) is 29.3 Å². The first-order chi connectivity index (χ1) is 12.9. The lowest BCUT2D eigenvalue weighted by Gasteiger charge is -2.09. The highest BCUT2D eigenvalue weighted by Gasteiger charge is 2.22. The summed E-state index contributed by atoms with van der Waals surface area (Å²) in [5.74, 6) is 1.70. The molecule has 0 N–H and O–H groups in total. The average molecular weight is 334 g/mol. The van der Waals surface area contributed by atoms with Gasteiger partial charge in [-0.2, -0.15) is 0 Å². The van der Waals surface area contributed by atoms with Crippen LogP contribution in [0.25, 0.3) is 44.2 Å². The van der Waals surface area contributed by atoms with Crippen LogP contribution in [0.5, 0.6) is 11.5 Å². The van der Waals surface area contributed by atoms with Crippen LogP contribution in [-0.4, -0.2) is 0 Å². The Bertz CT molecular complexity index is 1310. The van der Waals surface area contributed by atoms with Crippen LogP contribution in [0.3, 0.4) is 0 Å². The molecule has 0 atom stereocenters. The van der Waals surface area contributed by atoms with Crippen LogP contribution in [0.2, 0.25) is 0 Å². The zero-order valence-corrected chi connectivity index (χ0v) is 13.9. The van der Waals surface area contributed by atoms with Crippen LogP contribution in [0, 0.1) is 0 Å². The summed E-state index contributed by atoms with van der Waals surface area (Å²) in [7, 11) is 0. The van der Waals surface area contributed by atoms with E-state index in [1.807, 2.05) is 42.5 Å². The topological polar surface area (TPSA) is 22.4 Å². The van der Waals surface area contributed by atoms with Crippen molar-refractivity contribution in [2.45, 2.75) is 0 Å².